The Kier molecular flexibility index (Phi) is 7.68. The van der Waals surface area contributed by atoms with Gasteiger partial charge in [0, 0.05) is 22.8 Å². The lowest BCUT2D eigenvalue weighted by molar-refractivity contribution is -0.124. The molecule has 1 N–H and O–H groups in total. The molecule has 6 nitrogen and oxygen atoms in total. The molecule has 3 rings (SSSR count). The van der Waals surface area contributed by atoms with Gasteiger partial charge in [-0.2, -0.15) is 0 Å². The van der Waals surface area contributed by atoms with E-state index in [0.29, 0.717) is 17.9 Å². The molecule has 1 aromatic heterocycles. The number of carbonyl (C=O) groups excluding carboxylic acids is 2. The summed E-state index contributed by atoms with van der Waals surface area (Å²) in [4.78, 5) is 25.3. The Hall–Kier alpha value is -3.06. The highest BCUT2D eigenvalue weighted by molar-refractivity contribution is 7.98. The molecule has 0 atom stereocenters. The number of hydrogen-bond donors (Lipinski definition) is 1. The lowest BCUT2D eigenvalue weighted by Gasteiger charge is -2.10. The van der Waals surface area contributed by atoms with Gasteiger partial charge in [-0.05, 0) is 38.0 Å². The van der Waals surface area contributed by atoms with Crippen LogP contribution < -0.4 is 5.32 Å². The van der Waals surface area contributed by atoms with Gasteiger partial charge >= 0.3 is 5.97 Å². The Labute approximate surface area is 180 Å². The predicted molar refractivity (Wildman–Crippen MR) is 115 cm³/mol. The van der Waals surface area contributed by atoms with E-state index in [2.05, 4.69) is 10.5 Å². The number of benzene rings is 2. The molecule has 0 spiro atoms. The van der Waals surface area contributed by atoms with Gasteiger partial charge in [-0.1, -0.05) is 47.6 Å². The quantitative estimate of drug-likeness (QED) is 0.411. The van der Waals surface area contributed by atoms with E-state index < -0.39 is 5.97 Å². The molecule has 0 aliphatic carbocycles. The highest BCUT2D eigenvalue weighted by atomic mass is 32.2. The third kappa shape index (κ3) is 5.97. The van der Waals surface area contributed by atoms with E-state index in [1.807, 2.05) is 56.3 Å². The molecule has 1 heterocycles. The summed E-state index contributed by atoms with van der Waals surface area (Å²) >= 11 is 1.51. The van der Waals surface area contributed by atoms with E-state index >= 15 is 0 Å². The van der Waals surface area contributed by atoms with Crippen LogP contribution in [0.4, 0.5) is 0 Å². The molecule has 0 aliphatic heterocycles. The Balaban J connectivity index is 1.49. The number of ether oxygens (including phenoxy) is 1. The fourth-order valence-electron chi connectivity index (χ4n) is 2.87. The molecule has 156 valence electrons. The summed E-state index contributed by atoms with van der Waals surface area (Å²) < 4.78 is 10.4. The van der Waals surface area contributed by atoms with E-state index in [1.165, 1.54) is 11.8 Å². The van der Waals surface area contributed by atoms with Crippen molar-refractivity contribution in [3.8, 4) is 0 Å². The van der Waals surface area contributed by atoms with Crippen molar-refractivity contribution >= 4 is 23.6 Å². The SMILES string of the molecule is Cc1noc(C)c1CSc1ccccc1C(=O)OCC(=O)NCCc1ccccc1. The predicted octanol–water partition coefficient (Wildman–Crippen LogP) is 4.10. The number of nitrogens with one attached hydrogen (secondary N) is 1. The number of thioether (sulfide) groups is 1. The van der Waals surface area contributed by atoms with E-state index in [1.54, 1.807) is 12.1 Å². The average Bonchev–Trinajstić information content (AvgIpc) is 3.09. The number of aryl methyl sites for hydroxylation is 2. The topological polar surface area (TPSA) is 81.4 Å². The van der Waals surface area contributed by atoms with Gasteiger partial charge in [-0.3, -0.25) is 4.79 Å². The molecule has 0 fully saturated rings. The Morgan fingerprint density at radius 2 is 1.80 bits per heavy atom. The zero-order valence-electron chi connectivity index (χ0n) is 17.0. The van der Waals surface area contributed by atoms with Crippen LogP contribution in [-0.4, -0.2) is 30.2 Å². The van der Waals surface area contributed by atoms with E-state index in [9.17, 15) is 9.59 Å². The van der Waals surface area contributed by atoms with E-state index in [-0.39, 0.29) is 12.5 Å². The van der Waals surface area contributed by atoms with Crippen molar-refractivity contribution in [1.29, 1.82) is 0 Å². The van der Waals surface area contributed by atoms with Crippen LogP contribution in [-0.2, 0) is 21.7 Å². The van der Waals surface area contributed by atoms with Crippen LogP contribution in [0.2, 0.25) is 0 Å². The van der Waals surface area contributed by atoms with Crippen LogP contribution in [0.25, 0.3) is 0 Å². The second kappa shape index (κ2) is 10.6. The standard InChI is InChI=1S/C23H24N2O4S/c1-16-20(17(2)29-25-16)15-30-21-11-7-6-10-19(21)23(27)28-14-22(26)24-13-12-18-8-4-3-5-9-18/h3-11H,12-15H2,1-2H3,(H,24,26). The first-order valence-corrected chi connectivity index (χ1v) is 10.6. The monoisotopic (exact) mass is 424 g/mol. The van der Waals surface area contributed by atoms with Crippen LogP contribution in [0.15, 0.2) is 64.0 Å². The summed E-state index contributed by atoms with van der Waals surface area (Å²) in [6.07, 6.45) is 0.724. The molecule has 0 radical (unpaired) electrons. The van der Waals surface area contributed by atoms with Crippen molar-refractivity contribution < 1.29 is 18.8 Å². The van der Waals surface area contributed by atoms with Crippen molar-refractivity contribution in [2.75, 3.05) is 13.2 Å². The van der Waals surface area contributed by atoms with Crippen LogP contribution in [0, 0.1) is 13.8 Å². The van der Waals surface area contributed by atoms with Gasteiger partial charge in [0.1, 0.15) is 5.76 Å². The number of nitrogens with zero attached hydrogens (tertiary/aromatic N) is 1. The van der Waals surface area contributed by atoms with Crippen LogP contribution in [0.5, 0.6) is 0 Å². The number of carbonyl (C=O) groups is 2. The van der Waals surface area contributed by atoms with Gasteiger partial charge in [0.15, 0.2) is 6.61 Å². The number of amides is 1. The Morgan fingerprint density at radius 1 is 1.07 bits per heavy atom. The third-order valence-corrected chi connectivity index (χ3v) is 5.67. The number of rotatable bonds is 9. The maximum absolute atomic E-state index is 12.5. The molecular formula is C23H24N2O4S. The molecule has 3 aromatic rings. The first-order valence-electron chi connectivity index (χ1n) is 9.66. The summed E-state index contributed by atoms with van der Waals surface area (Å²) in [6, 6.07) is 17.1. The van der Waals surface area contributed by atoms with Gasteiger partial charge in [0.2, 0.25) is 0 Å². The molecule has 0 saturated heterocycles. The molecule has 0 aliphatic rings. The third-order valence-electron chi connectivity index (χ3n) is 4.57. The van der Waals surface area contributed by atoms with Crippen molar-refractivity contribution in [2.45, 2.75) is 30.9 Å². The van der Waals surface area contributed by atoms with Gasteiger partial charge in [0.25, 0.3) is 5.91 Å². The normalized spacial score (nSPS) is 10.6. The van der Waals surface area contributed by atoms with Gasteiger partial charge in [0.05, 0.1) is 11.3 Å². The van der Waals surface area contributed by atoms with E-state index in [4.69, 9.17) is 9.26 Å². The fraction of sp³-hybridized carbons (Fsp3) is 0.261. The number of hydrogen-bond acceptors (Lipinski definition) is 6. The lowest BCUT2D eigenvalue weighted by Crippen LogP contribution is -2.30. The summed E-state index contributed by atoms with van der Waals surface area (Å²) in [5.74, 6) is 0.563. The van der Waals surface area contributed by atoms with Gasteiger partial charge < -0.3 is 14.6 Å². The minimum absolute atomic E-state index is 0.309. The van der Waals surface area contributed by atoms with Gasteiger partial charge in [-0.15, -0.1) is 11.8 Å². The zero-order chi connectivity index (χ0) is 21.3. The van der Waals surface area contributed by atoms with Crippen LogP contribution >= 0.6 is 11.8 Å². The van der Waals surface area contributed by atoms with Crippen molar-refractivity contribution in [1.82, 2.24) is 10.5 Å². The van der Waals surface area contributed by atoms with Crippen molar-refractivity contribution in [2.24, 2.45) is 0 Å². The first-order chi connectivity index (χ1) is 14.5. The highest BCUT2D eigenvalue weighted by Gasteiger charge is 2.16. The number of aromatic nitrogens is 1. The lowest BCUT2D eigenvalue weighted by atomic mass is 10.1. The summed E-state index contributed by atoms with van der Waals surface area (Å²) in [5, 5.41) is 6.72. The maximum atomic E-state index is 12.5. The van der Waals surface area contributed by atoms with Gasteiger partial charge in [-0.25, -0.2) is 4.79 Å². The molecule has 7 heteroatoms. The minimum atomic E-state index is -0.518. The first kappa shape index (κ1) is 21.6. The summed E-state index contributed by atoms with van der Waals surface area (Å²) in [6.45, 7) is 3.94. The second-order valence-corrected chi connectivity index (χ2v) is 7.77. The van der Waals surface area contributed by atoms with Crippen LogP contribution in [0.1, 0.15) is 32.9 Å². The fourth-order valence-corrected chi connectivity index (χ4v) is 4.06. The molecule has 30 heavy (non-hydrogen) atoms. The zero-order valence-corrected chi connectivity index (χ0v) is 17.8. The second-order valence-electron chi connectivity index (χ2n) is 6.75. The molecule has 2 aromatic carbocycles. The average molecular weight is 425 g/mol. The van der Waals surface area contributed by atoms with E-state index in [0.717, 1.165) is 33.9 Å². The Morgan fingerprint density at radius 3 is 2.53 bits per heavy atom. The highest BCUT2D eigenvalue weighted by Crippen LogP contribution is 2.29. The number of esters is 1. The molecular weight excluding hydrogens is 400 g/mol. The molecule has 0 bridgehead atoms. The smallest absolute Gasteiger partial charge is 0.339 e. The maximum Gasteiger partial charge on any atom is 0.339 e. The van der Waals surface area contributed by atoms with Crippen molar-refractivity contribution in [3.05, 3.63) is 82.7 Å². The molecule has 0 unspecified atom stereocenters. The summed E-state index contributed by atoms with van der Waals surface area (Å²) in [5.41, 5.74) is 3.43. The van der Waals surface area contributed by atoms with Crippen LogP contribution in [0.3, 0.4) is 0 Å². The Bertz CT molecular complexity index is 982. The minimum Gasteiger partial charge on any atom is -0.452 e. The molecule has 0 saturated carbocycles. The largest absolute Gasteiger partial charge is 0.452 e. The summed E-state index contributed by atoms with van der Waals surface area (Å²) in [7, 11) is 0. The van der Waals surface area contributed by atoms with Crippen molar-refractivity contribution in [3.63, 3.8) is 0 Å². The molecule has 1 amide bonds.